The molecule has 5 nitrogen and oxygen atoms in total. The van der Waals surface area contributed by atoms with Crippen molar-refractivity contribution >= 4 is 26.0 Å². The number of likely N-dealkylation sites (tertiary alicyclic amines) is 1. The van der Waals surface area contributed by atoms with E-state index in [1.165, 1.54) is 18.4 Å². The Morgan fingerprint density at radius 1 is 1.06 bits per heavy atom. The molecule has 2 saturated heterocycles. The van der Waals surface area contributed by atoms with Crippen molar-refractivity contribution in [1.82, 2.24) is 9.21 Å². The Kier molecular flexibility index (Phi) is 6.46. The highest BCUT2D eigenvalue weighted by Crippen LogP contribution is 2.40. The number of sulfonamides is 1. The monoisotopic (exact) mass is 546 g/mol. The van der Waals surface area contributed by atoms with Crippen LogP contribution in [0.3, 0.4) is 0 Å². The summed E-state index contributed by atoms with van der Waals surface area (Å²) in [5, 5.41) is 9.86. The van der Waals surface area contributed by atoms with E-state index in [1.54, 1.807) is 16.4 Å². The second-order valence-electron chi connectivity index (χ2n) is 9.13. The van der Waals surface area contributed by atoms with E-state index in [1.807, 2.05) is 18.2 Å². The summed E-state index contributed by atoms with van der Waals surface area (Å²) in [7, 11) is -3.20. The molecule has 0 aromatic heterocycles. The molecule has 4 rings (SSSR count). The van der Waals surface area contributed by atoms with E-state index in [4.69, 9.17) is 0 Å². The lowest BCUT2D eigenvalue weighted by Gasteiger charge is -2.39. The van der Waals surface area contributed by atoms with E-state index in [0.717, 1.165) is 40.9 Å². The van der Waals surface area contributed by atoms with Crippen molar-refractivity contribution in [2.45, 2.75) is 50.2 Å². The maximum atomic E-state index is 13.1. The van der Waals surface area contributed by atoms with E-state index in [9.17, 15) is 26.7 Å². The van der Waals surface area contributed by atoms with Gasteiger partial charge in [0.25, 0.3) is 0 Å². The summed E-state index contributed by atoms with van der Waals surface area (Å²) in [6, 6.07) is 11.6. The molecular formula is C23H26BrF3N2O3S. The number of alkyl halides is 3. The molecule has 2 aliphatic heterocycles. The van der Waals surface area contributed by atoms with Gasteiger partial charge >= 0.3 is 6.18 Å². The van der Waals surface area contributed by atoms with Crippen molar-refractivity contribution in [2.24, 2.45) is 0 Å². The van der Waals surface area contributed by atoms with E-state index < -0.39 is 21.8 Å². The number of nitrogens with zero attached hydrogens (tertiary/aromatic N) is 2. The standard InChI is InChI=1S/C23H26BrF3N2O3S/c1-22(30,23(25,26)27)17-6-4-16(5-7-17)20-10-3-15(11-21(20)24)12-28-13-18-8-9-19(14-28)29(18)33(2,31)32/h3-7,10-11,18-19,30H,8-9,12-14H2,1-2H3. The van der Waals surface area contributed by atoms with Gasteiger partial charge in [-0.15, -0.1) is 0 Å². The van der Waals surface area contributed by atoms with Gasteiger partial charge in [-0.05, 0) is 48.1 Å². The molecule has 2 aromatic carbocycles. The number of hydrogen-bond acceptors (Lipinski definition) is 4. The summed E-state index contributed by atoms with van der Waals surface area (Å²) >= 11 is 3.57. The van der Waals surface area contributed by atoms with Crippen molar-refractivity contribution < 1.29 is 26.7 Å². The van der Waals surface area contributed by atoms with Gasteiger partial charge in [0.1, 0.15) is 0 Å². The summed E-state index contributed by atoms with van der Waals surface area (Å²) in [6.07, 6.45) is -1.72. The SMILES string of the molecule is CC(O)(c1ccc(-c2ccc(CN3CC4CCC(C3)N4S(C)(=O)=O)cc2Br)cc1)C(F)(F)F. The topological polar surface area (TPSA) is 60.9 Å². The minimum absolute atomic E-state index is 0.0221. The number of benzene rings is 2. The number of hydrogen-bond donors (Lipinski definition) is 1. The lowest BCUT2D eigenvalue weighted by atomic mass is 9.93. The number of rotatable bonds is 5. The summed E-state index contributed by atoms with van der Waals surface area (Å²) in [4.78, 5) is 2.28. The highest BCUT2D eigenvalue weighted by molar-refractivity contribution is 9.10. The third-order valence-corrected chi connectivity index (χ3v) is 8.64. The molecule has 2 bridgehead atoms. The van der Waals surface area contributed by atoms with Gasteiger partial charge in [0, 0.05) is 36.2 Å². The highest BCUT2D eigenvalue weighted by atomic mass is 79.9. The third-order valence-electron chi connectivity index (χ3n) is 6.62. The zero-order chi connectivity index (χ0) is 24.2. The van der Waals surface area contributed by atoms with Gasteiger partial charge in [0.2, 0.25) is 10.0 Å². The molecule has 2 aromatic rings. The second-order valence-corrected chi connectivity index (χ2v) is 11.9. The Balaban J connectivity index is 1.47. The number of piperazine rings is 1. The molecule has 2 heterocycles. The van der Waals surface area contributed by atoms with E-state index in [2.05, 4.69) is 20.8 Å². The molecule has 10 heteroatoms. The Hall–Kier alpha value is -1.46. The highest BCUT2D eigenvalue weighted by Gasteiger charge is 2.51. The van der Waals surface area contributed by atoms with E-state index in [-0.39, 0.29) is 17.6 Å². The Morgan fingerprint density at radius 3 is 2.12 bits per heavy atom. The number of fused-ring (bicyclic) bond motifs is 2. The van der Waals surface area contributed by atoms with Crippen LogP contribution in [0.4, 0.5) is 13.2 Å². The predicted octanol–water partition coefficient (Wildman–Crippen LogP) is 4.49. The zero-order valence-electron chi connectivity index (χ0n) is 18.3. The summed E-state index contributed by atoms with van der Waals surface area (Å²) in [5.41, 5.74) is -0.495. The first kappa shape index (κ1) is 24.7. The molecule has 1 N–H and O–H groups in total. The fourth-order valence-electron chi connectivity index (χ4n) is 4.91. The molecule has 2 fully saturated rings. The van der Waals surface area contributed by atoms with Crippen LogP contribution in [0, 0.1) is 0 Å². The molecule has 3 atom stereocenters. The van der Waals surface area contributed by atoms with Crippen LogP contribution in [-0.4, -0.2) is 60.3 Å². The van der Waals surface area contributed by atoms with Gasteiger partial charge in [-0.25, -0.2) is 8.42 Å². The van der Waals surface area contributed by atoms with Gasteiger partial charge in [-0.3, -0.25) is 4.90 Å². The van der Waals surface area contributed by atoms with Crippen molar-refractivity contribution in [3.8, 4) is 11.1 Å². The van der Waals surface area contributed by atoms with Gasteiger partial charge in [0.05, 0.1) is 6.26 Å². The quantitative estimate of drug-likeness (QED) is 0.600. The van der Waals surface area contributed by atoms with Gasteiger partial charge in [0.15, 0.2) is 5.60 Å². The molecule has 0 radical (unpaired) electrons. The number of halogens is 4. The van der Waals surface area contributed by atoms with E-state index in [0.29, 0.717) is 19.6 Å². The number of aliphatic hydroxyl groups is 1. The average molecular weight is 547 g/mol. The molecule has 0 spiro atoms. The molecule has 0 amide bonds. The Bertz CT molecular complexity index is 1120. The summed E-state index contributed by atoms with van der Waals surface area (Å²) in [6.45, 7) is 2.83. The van der Waals surface area contributed by atoms with E-state index >= 15 is 0 Å². The molecule has 0 aliphatic carbocycles. The minimum atomic E-state index is -4.76. The van der Waals surface area contributed by atoms with Crippen molar-refractivity contribution in [1.29, 1.82) is 0 Å². The van der Waals surface area contributed by atoms with Crippen LogP contribution in [0.25, 0.3) is 11.1 Å². The molecule has 0 saturated carbocycles. The van der Waals surface area contributed by atoms with Crippen LogP contribution < -0.4 is 0 Å². The fourth-order valence-corrected chi connectivity index (χ4v) is 6.99. The molecule has 2 aliphatic rings. The zero-order valence-corrected chi connectivity index (χ0v) is 20.7. The lowest BCUT2D eigenvalue weighted by Crippen LogP contribution is -2.54. The molecule has 33 heavy (non-hydrogen) atoms. The van der Waals surface area contributed by atoms with Gasteiger partial charge < -0.3 is 5.11 Å². The molecular weight excluding hydrogens is 521 g/mol. The van der Waals surface area contributed by atoms with Crippen LogP contribution in [0.15, 0.2) is 46.9 Å². The van der Waals surface area contributed by atoms with Gasteiger partial charge in [-0.2, -0.15) is 17.5 Å². The first-order valence-corrected chi connectivity index (χ1v) is 13.3. The predicted molar refractivity (Wildman–Crippen MR) is 124 cm³/mol. The first-order valence-electron chi connectivity index (χ1n) is 10.7. The molecule has 3 unspecified atom stereocenters. The Morgan fingerprint density at radius 2 is 1.64 bits per heavy atom. The normalized spacial score (nSPS) is 24.1. The van der Waals surface area contributed by atoms with Crippen LogP contribution in [0.1, 0.15) is 30.9 Å². The first-order chi connectivity index (χ1) is 15.3. The summed E-state index contributed by atoms with van der Waals surface area (Å²) < 4.78 is 65.9. The van der Waals surface area contributed by atoms with Gasteiger partial charge in [-0.1, -0.05) is 52.3 Å². The average Bonchev–Trinajstić information content (AvgIpc) is 2.99. The minimum Gasteiger partial charge on any atom is -0.376 e. The Labute approximate surface area is 200 Å². The van der Waals surface area contributed by atoms with Crippen LogP contribution >= 0.6 is 15.9 Å². The largest absolute Gasteiger partial charge is 0.421 e. The fraction of sp³-hybridized carbons (Fsp3) is 0.478. The second kappa shape index (κ2) is 8.64. The van der Waals surface area contributed by atoms with Crippen molar-refractivity contribution in [3.63, 3.8) is 0 Å². The summed E-state index contributed by atoms with van der Waals surface area (Å²) in [5.74, 6) is 0. The maximum Gasteiger partial charge on any atom is 0.421 e. The van der Waals surface area contributed by atoms with Crippen LogP contribution in [-0.2, 0) is 22.2 Å². The third kappa shape index (κ3) is 4.86. The van der Waals surface area contributed by atoms with Crippen LogP contribution in [0.5, 0.6) is 0 Å². The molecule has 180 valence electrons. The maximum absolute atomic E-state index is 13.1. The van der Waals surface area contributed by atoms with Crippen molar-refractivity contribution in [2.75, 3.05) is 19.3 Å². The van der Waals surface area contributed by atoms with Crippen LogP contribution in [0.2, 0.25) is 0 Å². The van der Waals surface area contributed by atoms with Crippen molar-refractivity contribution in [3.05, 3.63) is 58.1 Å². The lowest BCUT2D eigenvalue weighted by molar-refractivity contribution is -0.258. The smallest absolute Gasteiger partial charge is 0.376 e.